The van der Waals surface area contributed by atoms with Crippen molar-refractivity contribution in [1.82, 2.24) is 24.9 Å². The summed E-state index contributed by atoms with van der Waals surface area (Å²) in [5.74, 6) is 1.84. The van der Waals surface area contributed by atoms with Crippen LogP contribution in [0.3, 0.4) is 0 Å². The van der Waals surface area contributed by atoms with Crippen LogP contribution in [-0.4, -0.2) is 24.9 Å². The van der Waals surface area contributed by atoms with Crippen LogP contribution in [0.15, 0.2) is 140 Å². The highest BCUT2D eigenvalue weighted by Gasteiger charge is 2.16. The molecule has 5 heteroatoms. The van der Waals surface area contributed by atoms with Crippen LogP contribution in [0.25, 0.3) is 67.7 Å². The molecule has 0 N–H and O–H groups in total. The van der Waals surface area contributed by atoms with Gasteiger partial charge in [0.1, 0.15) is 0 Å². The third kappa shape index (κ3) is 4.61. The van der Waals surface area contributed by atoms with Crippen LogP contribution in [0, 0.1) is 0 Å². The fourth-order valence-electron chi connectivity index (χ4n) is 4.73. The largest absolute Gasteiger partial charge is 0.244 e. The molecule has 7 rings (SSSR count). The van der Waals surface area contributed by atoms with Gasteiger partial charge in [0, 0.05) is 27.8 Å². The second kappa shape index (κ2) is 10.3. The van der Waals surface area contributed by atoms with E-state index in [1.165, 1.54) is 0 Å². The van der Waals surface area contributed by atoms with Crippen molar-refractivity contribution in [1.29, 1.82) is 0 Å². The van der Waals surface area contributed by atoms with Gasteiger partial charge in [-0.05, 0) is 18.2 Å². The summed E-state index contributed by atoms with van der Waals surface area (Å²) < 4.78 is 0. The Morgan fingerprint density at radius 3 is 1.10 bits per heavy atom. The molecule has 0 spiro atoms. The molecule has 188 valence electrons. The third-order valence-electron chi connectivity index (χ3n) is 6.72. The number of fused-ring (bicyclic) bond motifs is 1. The Hall–Kier alpha value is -5.55. The van der Waals surface area contributed by atoms with Crippen molar-refractivity contribution in [3.63, 3.8) is 0 Å². The van der Waals surface area contributed by atoms with E-state index >= 15 is 0 Å². The summed E-state index contributed by atoms with van der Waals surface area (Å²) in [5, 5.41) is 0. The van der Waals surface area contributed by atoms with Crippen LogP contribution in [0.4, 0.5) is 0 Å². The summed E-state index contributed by atoms with van der Waals surface area (Å²) in [7, 11) is 0. The van der Waals surface area contributed by atoms with Crippen molar-refractivity contribution < 1.29 is 0 Å². The van der Waals surface area contributed by atoms with Gasteiger partial charge in [-0.15, -0.1) is 0 Å². The van der Waals surface area contributed by atoms with E-state index in [9.17, 15) is 0 Å². The topological polar surface area (TPSA) is 64.5 Å². The van der Waals surface area contributed by atoms with Crippen molar-refractivity contribution in [3.8, 4) is 56.7 Å². The zero-order valence-electron chi connectivity index (χ0n) is 21.5. The van der Waals surface area contributed by atoms with Crippen LogP contribution in [0.5, 0.6) is 0 Å². The van der Waals surface area contributed by atoms with Crippen molar-refractivity contribution in [3.05, 3.63) is 140 Å². The highest BCUT2D eigenvalue weighted by molar-refractivity contribution is 5.88. The summed E-state index contributed by atoms with van der Waals surface area (Å²) in [4.78, 5) is 24.8. The lowest BCUT2D eigenvalue weighted by atomic mass is 10.0. The Balaban J connectivity index is 1.41. The minimum absolute atomic E-state index is 0.588. The zero-order valence-corrected chi connectivity index (χ0v) is 21.5. The fraction of sp³-hybridized carbons (Fsp3) is 0. The second-order valence-corrected chi connectivity index (χ2v) is 9.39. The van der Waals surface area contributed by atoms with Gasteiger partial charge in [0.25, 0.3) is 0 Å². The maximum absolute atomic E-state index is 5.14. The molecule has 7 aromatic rings. The Labute approximate surface area is 231 Å². The molecule has 0 aliphatic rings. The molecular formula is C35H23N5. The van der Waals surface area contributed by atoms with Crippen molar-refractivity contribution in [2.45, 2.75) is 0 Å². The number of hydrogen-bond donors (Lipinski definition) is 0. The third-order valence-corrected chi connectivity index (χ3v) is 6.72. The molecular weight excluding hydrogens is 490 g/mol. The van der Waals surface area contributed by atoms with Crippen molar-refractivity contribution in [2.75, 3.05) is 0 Å². The average Bonchev–Trinajstić information content (AvgIpc) is 3.05. The zero-order chi connectivity index (χ0) is 26.7. The van der Waals surface area contributed by atoms with Gasteiger partial charge >= 0.3 is 0 Å². The lowest BCUT2D eigenvalue weighted by molar-refractivity contribution is 1.07. The van der Waals surface area contributed by atoms with Gasteiger partial charge in [-0.3, -0.25) is 0 Å². The molecule has 0 atom stereocenters. The quantitative estimate of drug-likeness (QED) is 0.232. The predicted molar refractivity (Wildman–Crippen MR) is 160 cm³/mol. The van der Waals surface area contributed by atoms with Gasteiger partial charge in [0.15, 0.2) is 17.5 Å². The molecule has 5 nitrogen and oxygen atoms in total. The fourth-order valence-corrected chi connectivity index (χ4v) is 4.73. The Morgan fingerprint density at radius 1 is 0.275 bits per heavy atom. The number of aromatic nitrogens is 5. The molecule has 0 aliphatic heterocycles. The van der Waals surface area contributed by atoms with Crippen LogP contribution < -0.4 is 0 Å². The van der Waals surface area contributed by atoms with Gasteiger partial charge in [-0.1, -0.05) is 121 Å². The molecule has 2 aromatic heterocycles. The smallest absolute Gasteiger partial charge is 0.164 e. The summed E-state index contributed by atoms with van der Waals surface area (Å²) in [6.07, 6.45) is 0. The van der Waals surface area contributed by atoms with E-state index in [-0.39, 0.29) is 0 Å². The van der Waals surface area contributed by atoms with Gasteiger partial charge in [0.05, 0.1) is 22.4 Å². The standard InChI is InChI=1S/C35H23N5/c1-5-13-24(14-6-1)31-32(25-15-7-2-8-16-25)37-30-23-28(21-22-29(30)36-31)35-39-33(26-17-9-3-10-18-26)38-34(40-35)27-19-11-4-12-20-27/h1-23H. The molecule has 0 bridgehead atoms. The lowest BCUT2D eigenvalue weighted by Gasteiger charge is -2.12. The molecule has 0 amide bonds. The summed E-state index contributed by atoms with van der Waals surface area (Å²) in [5.41, 5.74) is 8.03. The lowest BCUT2D eigenvalue weighted by Crippen LogP contribution is -2.00. The Kier molecular flexibility index (Phi) is 6.07. The van der Waals surface area contributed by atoms with Crippen molar-refractivity contribution >= 4 is 11.0 Å². The molecule has 0 unspecified atom stereocenters. The van der Waals surface area contributed by atoms with Crippen LogP contribution in [0.2, 0.25) is 0 Å². The molecule has 0 fully saturated rings. The van der Waals surface area contributed by atoms with Gasteiger partial charge < -0.3 is 0 Å². The first-order chi connectivity index (χ1) is 19.8. The molecule has 0 aliphatic carbocycles. The molecule has 0 saturated carbocycles. The average molecular weight is 514 g/mol. The minimum Gasteiger partial charge on any atom is -0.244 e. The maximum atomic E-state index is 5.14. The van der Waals surface area contributed by atoms with E-state index in [4.69, 9.17) is 24.9 Å². The highest BCUT2D eigenvalue weighted by Crippen LogP contribution is 2.32. The van der Waals surface area contributed by atoms with Crippen LogP contribution in [-0.2, 0) is 0 Å². The van der Waals surface area contributed by atoms with E-state index < -0.39 is 0 Å². The first-order valence-electron chi connectivity index (χ1n) is 13.1. The predicted octanol–water partition coefficient (Wildman–Crippen LogP) is 8.15. The minimum atomic E-state index is 0.588. The Morgan fingerprint density at radius 2 is 0.650 bits per heavy atom. The SMILES string of the molecule is c1ccc(-c2nc(-c3ccccc3)nc(-c3ccc4nc(-c5ccccc5)c(-c5ccccc5)nc4c3)n2)cc1. The number of nitrogens with zero attached hydrogens (tertiary/aromatic N) is 5. The molecule has 0 saturated heterocycles. The van der Waals surface area contributed by atoms with E-state index in [2.05, 4.69) is 24.3 Å². The second-order valence-electron chi connectivity index (χ2n) is 9.39. The van der Waals surface area contributed by atoms with Gasteiger partial charge in [-0.25, -0.2) is 24.9 Å². The first-order valence-corrected chi connectivity index (χ1v) is 13.1. The van der Waals surface area contributed by atoms with E-state index in [0.29, 0.717) is 17.5 Å². The summed E-state index contributed by atoms with van der Waals surface area (Å²) >= 11 is 0. The Bertz CT molecular complexity index is 1870. The summed E-state index contributed by atoms with van der Waals surface area (Å²) in [6.45, 7) is 0. The monoisotopic (exact) mass is 513 g/mol. The molecule has 5 aromatic carbocycles. The summed E-state index contributed by atoms with van der Waals surface area (Å²) in [6, 6.07) is 46.4. The first kappa shape index (κ1) is 23.6. The molecule has 40 heavy (non-hydrogen) atoms. The maximum Gasteiger partial charge on any atom is 0.164 e. The number of rotatable bonds is 5. The van der Waals surface area contributed by atoms with Gasteiger partial charge in [-0.2, -0.15) is 0 Å². The van der Waals surface area contributed by atoms with Crippen molar-refractivity contribution in [2.24, 2.45) is 0 Å². The van der Waals surface area contributed by atoms with E-state index in [0.717, 1.165) is 50.2 Å². The normalized spacial score (nSPS) is 11.0. The highest BCUT2D eigenvalue weighted by atomic mass is 15.0. The molecule has 2 heterocycles. The molecule has 0 radical (unpaired) electrons. The van der Waals surface area contributed by atoms with Gasteiger partial charge in [0.2, 0.25) is 0 Å². The number of benzene rings is 5. The number of hydrogen-bond acceptors (Lipinski definition) is 5. The van der Waals surface area contributed by atoms with E-state index in [1.807, 2.05) is 115 Å². The van der Waals surface area contributed by atoms with E-state index in [1.54, 1.807) is 0 Å². The van der Waals surface area contributed by atoms with Crippen LogP contribution in [0.1, 0.15) is 0 Å². The van der Waals surface area contributed by atoms with Crippen LogP contribution >= 0.6 is 0 Å².